The van der Waals surface area contributed by atoms with Crippen molar-refractivity contribution in [2.45, 2.75) is 39.5 Å². The van der Waals surface area contributed by atoms with Gasteiger partial charge in [0.05, 0.1) is 23.6 Å². The van der Waals surface area contributed by atoms with Crippen molar-refractivity contribution >= 4 is 11.9 Å². The Morgan fingerprint density at radius 2 is 1.81 bits per heavy atom. The predicted molar refractivity (Wildman–Crippen MR) is 104 cm³/mol. The first-order chi connectivity index (χ1) is 12.4. The Balaban J connectivity index is 2.22. The molecule has 1 aromatic carbocycles. The molecule has 0 aliphatic rings. The molecular weight excluding hydrogens is 328 g/mol. The van der Waals surface area contributed by atoms with E-state index in [1.807, 2.05) is 24.3 Å². The van der Waals surface area contributed by atoms with Crippen molar-refractivity contribution in [2.24, 2.45) is 0 Å². The molecule has 0 aliphatic carbocycles. The number of hydrogen-bond acceptors (Lipinski definition) is 5. The highest BCUT2D eigenvalue weighted by Crippen LogP contribution is 2.27. The lowest BCUT2D eigenvalue weighted by molar-refractivity contribution is 0.0827. The molecule has 0 aliphatic heterocycles. The molecule has 0 bridgehead atoms. The second kappa shape index (κ2) is 9.17. The minimum atomic E-state index is -0.145. The molecule has 6 heteroatoms. The number of benzene rings is 1. The Bertz CT molecular complexity index is 742. The van der Waals surface area contributed by atoms with E-state index in [0.717, 1.165) is 17.7 Å². The number of carbonyl (C=O) groups excluding carboxylic acids is 1. The average Bonchev–Trinajstić information content (AvgIpc) is 2.61. The van der Waals surface area contributed by atoms with Gasteiger partial charge in [-0.05, 0) is 37.6 Å². The summed E-state index contributed by atoms with van der Waals surface area (Å²) >= 11 is 0. The highest BCUT2D eigenvalue weighted by atomic mass is 16.5. The third-order valence-corrected chi connectivity index (χ3v) is 4.12. The summed E-state index contributed by atoms with van der Waals surface area (Å²) in [4.78, 5) is 22.5. The highest BCUT2D eigenvalue weighted by Gasteiger charge is 2.20. The molecule has 0 spiro atoms. The molecule has 1 aromatic heterocycles. The summed E-state index contributed by atoms with van der Waals surface area (Å²) in [5, 5.41) is 0. The summed E-state index contributed by atoms with van der Waals surface area (Å²) in [6, 6.07) is 7.59. The topological polar surface area (TPSA) is 81.3 Å². The number of aromatic nitrogens is 2. The van der Waals surface area contributed by atoms with Crippen LogP contribution in [-0.2, 0) is 0 Å². The Morgan fingerprint density at radius 3 is 2.42 bits per heavy atom. The first-order valence-electron chi connectivity index (χ1n) is 9.03. The van der Waals surface area contributed by atoms with Gasteiger partial charge in [-0.2, -0.15) is 0 Å². The van der Waals surface area contributed by atoms with Gasteiger partial charge in [-0.1, -0.05) is 26.2 Å². The maximum absolute atomic E-state index is 12.5. The van der Waals surface area contributed by atoms with E-state index >= 15 is 0 Å². The van der Waals surface area contributed by atoms with Crippen LogP contribution in [0.4, 0.5) is 5.95 Å². The summed E-state index contributed by atoms with van der Waals surface area (Å²) in [5.74, 6) is 0.822. The molecule has 26 heavy (non-hydrogen) atoms. The lowest BCUT2D eigenvalue weighted by Crippen LogP contribution is -2.24. The van der Waals surface area contributed by atoms with Gasteiger partial charge in [-0.3, -0.25) is 4.79 Å². The zero-order valence-corrected chi connectivity index (χ0v) is 16.1. The fraction of sp³-hybridized carbons (Fsp3) is 0.450. The van der Waals surface area contributed by atoms with Crippen LogP contribution in [-0.4, -0.2) is 41.5 Å². The fourth-order valence-corrected chi connectivity index (χ4v) is 2.71. The second-order valence-electron chi connectivity index (χ2n) is 6.52. The van der Waals surface area contributed by atoms with Crippen LogP contribution in [0.15, 0.2) is 24.3 Å². The predicted octanol–water partition coefficient (Wildman–Crippen LogP) is 3.70. The molecule has 0 fully saturated rings. The number of ether oxygens (including phenoxy) is 1. The molecule has 2 N–H and O–H groups in total. The van der Waals surface area contributed by atoms with Gasteiger partial charge in [-0.25, -0.2) is 9.97 Å². The minimum Gasteiger partial charge on any atom is -0.494 e. The number of unbranched alkanes of at least 4 members (excludes halogenated alkanes) is 3. The van der Waals surface area contributed by atoms with Crippen molar-refractivity contribution < 1.29 is 9.53 Å². The van der Waals surface area contributed by atoms with Crippen LogP contribution in [0.25, 0.3) is 11.3 Å². The number of carbonyl (C=O) groups is 1. The first-order valence-corrected chi connectivity index (χ1v) is 9.03. The average molecular weight is 356 g/mol. The maximum Gasteiger partial charge on any atom is 0.257 e. The van der Waals surface area contributed by atoms with Gasteiger partial charge >= 0.3 is 0 Å². The van der Waals surface area contributed by atoms with Crippen LogP contribution in [0.3, 0.4) is 0 Å². The lowest BCUT2D eigenvalue weighted by Gasteiger charge is -2.16. The van der Waals surface area contributed by atoms with Crippen LogP contribution >= 0.6 is 0 Å². The normalized spacial score (nSPS) is 10.6. The van der Waals surface area contributed by atoms with Crippen LogP contribution < -0.4 is 10.5 Å². The van der Waals surface area contributed by atoms with E-state index in [4.69, 9.17) is 10.5 Å². The molecule has 0 radical (unpaired) electrons. The van der Waals surface area contributed by atoms with Gasteiger partial charge in [0.2, 0.25) is 5.95 Å². The van der Waals surface area contributed by atoms with E-state index in [0.29, 0.717) is 23.6 Å². The summed E-state index contributed by atoms with van der Waals surface area (Å²) < 4.78 is 5.77. The Labute approximate surface area is 155 Å². The third-order valence-electron chi connectivity index (χ3n) is 4.12. The van der Waals surface area contributed by atoms with Gasteiger partial charge in [0.25, 0.3) is 5.91 Å². The lowest BCUT2D eigenvalue weighted by atomic mass is 10.0. The molecule has 2 rings (SSSR count). The number of nitrogens with two attached hydrogens (primary N) is 1. The summed E-state index contributed by atoms with van der Waals surface area (Å²) in [6.45, 7) is 4.67. The zero-order valence-electron chi connectivity index (χ0n) is 16.1. The summed E-state index contributed by atoms with van der Waals surface area (Å²) in [5.41, 5.74) is 8.20. The maximum atomic E-state index is 12.5. The van der Waals surface area contributed by atoms with Crippen molar-refractivity contribution in [2.75, 3.05) is 26.4 Å². The number of amides is 1. The van der Waals surface area contributed by atoms with Gasteiger partial charge in [0.1, 0.15) is 5.75 Å². The van der Waals surface area contributed by atoms with E-state index in [-0.39, 0.29) is 11.9 Å². The number of nitrogen functional groups attached to an aromatic ring is 1. The van der Waals surface area contributed by atoms with E-state index in [9.17, 15) is 4.79 Å². The van der Waals surface area contributed by atoms with E-state index in [2.05, 4.69) is 16.9 Å². The van der Waals surface area contributed by atoms with Crippen LogP contribution in [0, 0.1) is 6.92 Å². The van der Waals surface area contributed by atoms with Crippen molar-refractivity contribution in [3.05, 3.63) is 35.5 Å². The molecular formula is C20H28N4O2. The highest BCUT2D eigenvalue weighted by molar-refractivity contribution is 6.00. The van der Waals surface area contributed by atoms with Crippen molar-refractivity contribution in [1.82, 2.24) is 14.9 Å². The monoisotopic (exact) mass is 356 g/mol. The Morgan fingerprint density at radius 1 is 1.12 bits per heavy atom. The minimum absolute atomic E-state index is 0.145. The number of aryl methyl sites for hydroxylation is 1. The molecule has 0 saturated carbocycles. The van der Waals surface area contributed by atoms with Crippen LogP contribution in [0.5, 0.6) is 5.75 Å². The van der Waals surface area contributed by atoms with Gasteiger partial charge in [-0.15, -0.1) is 0 Å². The number of rotatable bonds is 8. The molecule has 6 nitrogen and oxygen atoms in total. The fourth-order valence-electron chi connectivity index (χ4n) is 2.71. The molecule has 1 amide bonds. The quantitative estimate of drug-likeness (QED) is 0.730. The SMILES string of the molecule is CCCCCCOc1ccc(-c2nc(N)nc(C)c2C(=O)N(C)C)cc1. The van der Waals surface area contributed by atoms with Gasteiger partial charge < -0.3 is 15.4 Å². The standard InChI is InChI=1S/C20H28N4O2/c1-5-6-7-8-13-26-16-11-9-15(10-12-16)18-17(19(25)24(3)4)14(2)22-20(21)23-18/h9-12H,5-8,13H2,1-4H3,(H2,21,22,23). The van der Waals surface area contributed by atoms with Gasteiger partial charge in [0.15, 0.2) is 0 Å². The van der Waals surface area contributed by atoms with E-state index in [1.165, 1.54) is 24.2 Å². The molecule has 0 saturated heterocycles. The van der Waals surface area contributed by atoms with Crippen LogP contribution in [0.2, 0.25) is 0 Å². The first kappa shape index (κ1) is 19.7. The molecule has 1 heterocycles. The Kier molecular flexibility index (Phi) is 6.95. The molecule has 0 unspecified atom stereocenters. The van der Waals surface area contributed by atoms with E-state index < -0.39 is 0 Å². The van der Waals surface area contributed by atoms with Gasteiger partial charge in [0, 0.05) is 19.7 Å². The number of nitrogens with zero attached hydrogens (tertiary/aromatic N) is 3. The third kappa shape index (κ3) is 4.94. The number of hydrogen-bond donors (Lipinski definition) is 1. The van der Waals surface area contributed by atoms with E-state index in [1.54, 1.807) is 21.0 Å². The largest absolute Gasteiger partial charge is 0.494 e. The second-order valence-corrected chi connectivity index (χ2v) is 6.52. The summed E-state index contributed by atoms with van der Waals surface area (Å²) in [6.07, 6.45) is 4.69. The van der Waals surface area contributed by atoms with Crippen LogP contribution in [0.1, 0.15) is 48.7 Å². The summed E-state index contributed by atoms with van der Waals surface area (Å²) in [7, 11) is 3.41. The molecule has 140 valence electrons. The number of anilines is 1. The smallest absolute Gasteiger partial charge is 0.257 e. The molecule has 2 aromatic rings. The van der Waals surface area contributed by atoms with Crippen molar-refractivity contribution in [3.8, 4) is 17.0 Å². The zero-order chi connectivity index (χ0) is 19.1. The van der Waals surface area contributed by atoms with Crippen molar-refractivity contribution in [1.29, 1.82) is 0 Å². The molecule has 0 atom stereocenters. The van der Waals surface area contributed by atoms with Crippen molar-refractivity contribution in [3.63, 3.8) is 0 Å². The Hall–Kier alpha value is -2.63.